The highest BCUT2D eigenvalue weighted by molar-refractivity contribution is 8.68. The van der Waals surface area contributed by atoms with Gasteiger partial charge in [-0.1, -0.05) is 77.0 Å². The fraction of sp³-hybridized carbons (Fsp3) is 0.348. The molecule has 2 nitrogen and oxygen atoms in total. The van der Waals surface area contributed by atoms with Gasteiger partial charge in [0.1, 0.15) is 0 Å². The average Bonchev–Trinajstić information content (AvgIpc) is 2.71. The van der Waals surface area contributed by atoms with Gasteiger partial charge in [0, 0.05) is 24.4 Å². The zero-order valence-corrected chi connectivity index (χ0v) is 17.3. The molecule has 1 atom stereocenters. The minimum atomic E-state index is -0.276. The van der Waals surface area contributed by atoms with Crippen molar-refractivity contribution in [3.8, 4) is 0 Å². The molecule has 0 saturated carbocycles. The molecule has 1 aliphatic heterocycles. The number of hydrogen-bond donors (Lipinski definition) is 2. The number of aliphatic imine (C=N–C) groups is 1. The Balaban J connectivity index is 1.90. The molecule has 3 rings (SSSR count). The van der Waals surface area contributed by atoms with E-state index < -0.39 is 0 Å². The van der Waals surface area contributed by atoms with Gasteiger partial charge in [0.05, 0.1) is 6.10 Å². The van der Waals surface area contributed by atoms with Gasteiger partial charge in [0.25, 0.3) is 0 Å². The van der Waals surface area contributed by atoms with Gasteiger partial charge in [-0.15, -0.1) is 11.7 Å². The summed E-state index contributed by atoms with van der Waals surface area (Å²) in [4.78, 5) is 4.80. The number of benzene rings is 2. The van der Waals surface area contributed by atoms with Gasteiger partial charge in [-0.2, -0.15) is 0 Å². The molecule has 2 aromatic carbocycles. The molecule has 0 radical (unpaired) electrons. The molecule has 142 valence electrons. The molecule has 1 N–H and O–H groups in total. The van der Waals surface area contributed by atoms with E-state index in [1.807, 2.05) is 0 Å². The second-order valence-electron chi connectivity index (χ2n) is 6.98. The van der Waals surface area contributed by atoms with Crippen molar-refractivity contribution in [2.24, 2.45) is 4.99 Å². The molecule has 0 bridgehead atoms. The number of aliphatic hydroxyl groups is 1. The van der Waals surface area contributed by atoms with Crippen LogP contribution in [0.1, 0.15) is 30.4 Å². The lowest BCUT2D eigenvalue weighted by Crippen LogP contribution is -2.23. The monoisotopic (exact) mass is 397 g/mol. The van der Waals surface area contributed by atoms with Gasteiger partial charge in [-0.05, 0) is 42.4 Å². The molecule has 1 aliphatic rings. The molecule has 4 heteroatoms. The molecule has 1 heterocycles. The van der Waals surface area contributed by atoms with E-state index in [1.54, 1.807) is 10.8 Å². The van der Waals surface area contributed by atoms with E-state index in [1.165, 1.54) is 22.3 Å². The van der Waals surface area contributed by atoms with E-state index in [2.05, 4.69) is 72.3 Å². The van der Waals surface area contributed by atoms with Crippen LogP contribution in [0.25, 0.3) is 0 Å². The Morgan fingerprint density at radius 3 is 2.33 bits per heavy atom. The van der Waals surface area contributed by atoms with Crippen molar-refractivity contribution < 1.29 is 5.11 Å². The summed E-state index contributed by atoms with van der Waals surface area (Å²) in [6.07, 6.45) is 4.03. The lowest BCUT2D eigenvalue weighted by molar-refractivity contribution is 0.170. The first kappa shape index (κ1) is 20.2. The standard InChI is InChI=1S/C23H27NOS2/c25-21-13-14-24-23(16-21)22(15-19-9-5-2-6-10-19)20(17-27-26)12-11-18-7-3-1-4-8-18/h1-10,21,25-26H,11-17H2/b22-20-. The Morgan fingerprint density at radius 2 is 1.70 bits per heavy atom. The van der Waals surface area contributed by atoms with Crippen molar-refractivity contribution >= 4 is 28.2 Å². The van der Waals surface area contributed by atoms with E-state index in [4.69, 9.17) is 4.99 Å². The minimum absolute atomic E-state index is 0.276. The number of hydrogen-bond acceptors (Lipinski definition) is 4. The third-order valence-corrected chi connectivity index (χ3v) is 5.85. The summed E-state index contributed by atoms with van der Waals surface area (Å²) in [7, 11) is 1.57. The molecule has 0 aromatic heterocycles. The molecule has 0 spiro atoms. The average molecular weight is 398 g/mol. The predicted molar refractivity (Wildman–Crippen MR) is 121 cm³/mol. The number of aryl methyl sites for hydroxylation is 1. The van der Waals surface area contributed by atoms with E-state index in [9.17, 15) is 5.11 Å². The highest BCUT2D eigenvalue weighted by Gasteiger charge is 2.20. The van der Waals surface area contributed by atoms with Crippen LogP contribution in [-0.4, -0.2) is 29.2 Å². The zero-order chi connectivity index (χ0) is 18.9. The van der Waals surface area contributed by atoms with Crippen LogP contribution in [0.5, 0.6) is 0 Å². The van der Waals surface area contributed by atoms with Crippen LogP contribution in [0.2, 0.25) is 0 Å². The van der Waals surface area contributed by atoms with Crippen LogP contribution >= 0.6 is 22.5 Å². The van der Waals surface area contributed by atoms with Gasteiger partial charge < -0.3 is 5.11 Å². The van der Waals surface area contributed by atoms with Crippen molar-refractivity contribution in [2.75, 3.05) is 12.3 Å². The molecular weight excluding hydrogens is 370 g/mol. The van der Waals surface area contributed by atoms with Gasteiger partial charge in [0.15, 0.2) is 0 Å². The summed E-state index contributed by atoms with van der Waals surface area (Å²) in [5, 5.41) is 10.2. The van der Waals surface area contributed by atoms with Crippen LogP contribution in [0.3, 0.4) is 0 Å². The van der Waals surface area contributed by atoms with E-state index >= 15 is 0 Å². The first-order valence-electron chi connectivity index (χ1n) is 9.53. The molecule has 0 amide bonds. The lowest BCUT2D eigenvalue weighted by atomic mass is 9.89. The van der Waals surface area contributed by atoms with Crippen molar-refractivity contribution in [3.05, 3.63) is 82.9 Å². The largest absolute Gasteiger partial charge is 0.393 e. The van der Waals surface area contributed by atoms with Gasteiger partial charge in [0.2, 0.25) is 0 Å². The Kier molecular flexibility index (Phi) is 8.06. The first-order chi connectivity index (χ1) is 13.3. The molecular formula is C23H27NOS2. The van der Waals surface area contributed by atoms with Crippen molar-refractivity contribution in [2.45, 2.75) is 38.2 Å². The second-order valence-corrected chi connectivity index (χ2v) is 8.30. The minimum Gasteiger partial charge on any atom is -0.393 e. The fourth-order valence-corrected chi connectivity index (χ4v) is 4.46. The van der Waals surface area contributed by atoms with Crippen LogP contribution in [0.15, 0.2) is 76.8 Å². The maximum absolute atomic E-state index is 10.2. The number of allylic oxidation sites excluding steroid dienone is 1. The smallest absolute Gasteiger partial charge is 0.0613 e. The van der Waals surface area contributed by atoms with E-state index in [-0.39, 0.29) is 6.10 Å². The van der Waals surface area contributed by atoms with Crippen LogP contribution < -0.4 is 0 Å². The van der Waals surface area contributed by atoms with Gasteiger partial charge in [-0.25, -0.2) is 0 Å². The highest BCUT2D eigenvalue weighted by Crippen LogP contribution is 2.26. The van der Waals surface area contributed by atoms with Crippen molar-refractivity contribution in [1.82, 2.24) is 0 Å². The number of thiol groups is 1. The van der Waals surface area contributed by atoms with Gasteiger partial charge in [-0.3, -0.25) is 4.99 Å². The Hall–Kier alpha value is -1.49. The lowest BCUT2D eigenvalue weighted by Gasteiger charge is -2.23. The number of nitrogens with zero attached hydrogens (tertiary/aromatic N) is 1. The summed E-state index contributed by atoms with van der Waals surface area (Å²) in [6, 6.07) is 21.2. The summed E-state index contributed by atoms with van der Waals surface area (Å²) >= 11 is 4.44. The van der Waals surface area contributed by atoms with Crippen molar-refractivity contribution in [1.29, 1.82) is 0 Å². The van der Waals surface area contributed by atoms with Crippen LogP contribution in [0, 0.1) is 0 Å². The maximum Gasteiger partial charge on any atom is 0.0613 e. The summed E-state index contributed by atoms with van der Waals surface area (Å²) < 4.78 is 0. The van der Waals surface area contributed by atoms with Crippen LogP contribution in [-0.2, 0) is 12.8 Å². The third kappa shape index (κ3) is 6.27. The number of aliphatic hydroxyl groups excluding tert-OH is 1. The summed E-state index contributed by atoms with van der Waals surface area (Å²) in [5.74, 6) is 0.882. The summed E-state index contributed by atoms with van der Waals surface area (Å²) in [6.45, 7) is 0.717. The van der Waals surface area contributed by atoms with Gasteiger partial charge >= 0.3 is 0 Å². The molecule has 27 heavy (non-hydrogen) atoms. The Labute approximate surface area is 171 Å². The summed E-state index contributed by atoms with van der Waals surface area (Å²) in [5.41, 5.74) is 6.43. The molecule has 0 fully saturated rings. The normalized spacial score (nSPS) is 18.0. The highest BCUT2D eigenvalue weighted by atomic mass is 33.1. The van der Waals surface area contributed by atoms with E-state index in [0.29, 0.717) is 6.42 Å². The molecule has 0 saturated heterocycles. The number of rotatable bonds is 8. The molecule has 1 unspecified atom stereocenters. The second kappa shape index (κ2) is 10.7. The Morgan fingerprint density at radius 1 is 1.04 bits per heavy atom. The topological polar surface area (TPSA) is 32.6 Å². The maximum atomic E-state index is 10.2. The SMILES string of the molecule is OC1CCN=C(/C(Cc2ccccc2)=C(/CCc2ccccc2)CSS)C1. The third-order valence-electron chi connectivity index (χ3n) is 4.99. The zero-order valence-electron chi connectivity index (χ0n) is 15.6. The molecule has 2 aromatic rings. The quantitative estimate of drug-likeness (QED) is 0.466. The van der Waals surface area contributed by atoms with Crippen LogP contribution in [0.4, 0.5) is 0 Å². The van der Waals surface area contributed by atoms with Crippen molar-refractivity contribution in [3.63, 3.8) is 0 Å². The Bertz CT molecular complexity index is 771. The van der Waals surface area contributed by atoms with E-state index in [0.717, 1.165) is 43.7 Å². The fourth-order valence-electron chi connectivity index (χ4n) is 3.52. The first-order valence-corrected chi connectivity index (χ1v) is 11.6. The molecule has 0 aliphatic carbocycles. The predicted octanol–water partition coefficient (Wildman–Crippen LogP) is 5.33.